The van der Waals surface area contributed by atoms with E-state index in [1.165, 1.54) is 11.1 Å². The summed E-state index contributed by atoms with van der Waals surface area (Å²) in [6, 6.07) is 18.9. The topological polar surface area (TPSA) is 42.9 Å². The van der Waals surface area contributed by atoms with Gasteiger partial charge in [-0.15, -0.1) is 0 Å². The summed E-state index contributed by atoms with van der Waals surface area (Å²) in [4.78, 5) is 12.4. The van der Waals surface area contributed by atoms with Crippen molar-refractivity contribution in [2.75, 3.05) is 13.1 Å². The van der Waals surface area contributed by atoms with Crippen molar-refractivity contribution in [1.29, 1.82) is 0 Å². The van der Waals surface area contributed by atoms with Crippen LogP contribution in [0.2, 0.25) is 0 Å². The first-order valence-electron chi connectivity index (χ1n) is 10.2. The van der Waals surface area contributed by atoms with Crippen molar-refractivity contribution in [3.63, 3.8) is 0 Å². The van der Waals surface area contributed by atoms with Crippen LogP contribution in [0.3, 0.4) is 0 Å². The predicted octanol–water partition coefficient (Wildman–Crippen LogP) is 3.31. The normalized spacial score (nSPS) is 15.5. The van der Waals surface area contributed by atoms with E-state index in [2.05, 4.69) is 67.7 Å². The van der Waals surface area contributed by atoms with E-state index < -0.39 is 0 Å². The molecule has 3 heteroatoms. The van der Waals surface area contributed by atoms with Gasteiger partial charge in [0.05, 0.1) is 19.5 Å². The fourth-order valence-electron chi connectivity index (χ4n) is 3.96. The van der Waals surface area contributed by atoms with E-state index in [0.717, 1.165) is 44.3 Å². The number of hydrogen-bond donors (Lipinski definition) is 1. The first kappa shape index (κ1) is 19.6. The first-order chi connectivity index (χ1) is 13.0. The Bertz CT molecular complexity index is 716. The summed E-state index contributed by atoms with van der Waals surface area (Å²) in [5.41, 5.74) is 3.31. The standard InChI is InChI=1S/C24H31NO2/c1-24(2,22-14-16-25-17-15-22)27-23(26)18-21-12-10-20(11-13-21)9-8-19-6-4-3-5-7-19/h3-7,10-13,22,25H,8-9,14-18H2,1-2H3/p+1. The van der Waals surface area contributed by atoms with Crippen LogP contribution >= 0.6 is 0 Å². The molecular formula is C24H32NO2+. The Hall–Kier alpha value is -2.13. The number of rotatable bonds is 7. The number of quaternary nitrogens is 1. The van der Waals surface area contributed by atoms with E-state index in [0.29, 0.717) is 12.3 Å². The molecule has 3 nitrogen and oxygen atoms in total. The van der Waals surface area contributed by atoms with Crippen LogP contribution in [0, 0.1) is 5.92 Å². The maximum atomic E-state index is 12.4. The van der Waals surface area contributed by atoms with Gasteiger partial charge in [0.25, 0.3) is 0 Å². The lowest BCUT2D eigenvalue weighted by molar-refractivity contribution is -0.665. The molecule has 0 unspecified atom stereocenters. The van der Waals surface area contributed by atoms with Gasteiger partial charge in [-0.1, -0.05) is 54.6 Å². The molecule has 2 aromatic carbocycles. The van der Waals surface area contributed by atoms with Crippen LogP contribution in [-0.4, -0.2) is 24.7 Å². The molecule has 0 spiro atoms. The second kappa shape index (κ2) is 9.18. The maximum absolute atomic E-state index is 12.4. The van der Waals surface area contributed by atoms with Crippen LogP contribution in [-0.2, 0) is 28.8 Å². The van der Waals surface area contributed by atoms with Gasteiger partial charge in [0.1, 0.15) is 5.60 Å². The van der Waals surface area contributed by atoms with Gasteiger partial charge in [-0.2, -0.15) is 0 Å². The van der Waals surface area contributed by atoms with Crippen molar-refractivity contribution >= 4 is 5.97 Å². The fraction of sp³-hybridized carbons (Fsp3) is 0.458. The van der Waals surface area contributed by atoms with Crippen molar-refractivity contribution in [2.24, 2.45) is 5.92 Å². The van der Waals surface area contributed by atoms with E-state index in [-0.39, 0.29) is 11.6 Å². The van der Waals surface area contributed by atoms with Gasteiger partial charge in [-0.25, -0.2) is 0 Å². The summed E-state index contributed by atoms with van der Waals surface area (Å²) in [7, 11) is 0. The van der Waals surface area contributed by atoms with Gasteiger partial charge in [0.15, 0.2) is 0 Å². The average molecular weight is 367 g/mol. The monoisotopic (exact) mass is 366 g/mol. The highest BCUT2D eigenvalue weighted by molar-refractivity contribution is 5.73. The molecule has 1 aliphatic rings. The molecule has 3 rings (SSSR count). The summed E-state index contributed by atoms with van der Waals surface area (Å²) in [5, 5.41) is 2.34. The SMILES string of the molecule is CC(C)(OC(=O)Cc1ccc(CCc2ccccc2)cc1)C1CC[NH2+]CC1. The average Bonchev–Trinajstić information content (AvgIpc) is 2.68. The van der Waals surface area contributed by atoms with Crippen LogP contribution in [0.25, 0.3) is 0 Å². The van der Waals surface area contributed by atoms with Crippen molar-refractivity contribution in [3.8, 4) is 0 Å². The molecule has 0 saturated carbocycles. The number of esters is 1. The van der Waals surface area contributed by atoms with Crippen LogP contribution in [0.15, 0.2) is 54.6 Å². The largest absolute Gasteiger partial charge is 0.459 e. The highest BCUT2D eigenvalue weighted by atomic mass is 16.6. The Morgan fingerprint density at radius 3 is 2.11 bits per heavy atom. The number of carbonyl (C=O) groups is 1. The van der Waals surface area contributed by atoms with Gasteiger partial charge in [0.2, 0.25) is 0 Å². The first-order valence-corrected chi connectivity index (χ1v) is 10.2. The van der Waals surface area contributed by atoms with Crippen molar-refractivity contribution < 1.29 is 14.8 Å². The number of benzene rings is 2. The molecule has 1 heterocycles. The zero-order chi connectivity index (χ0) is 19.1. The lowest BCUT2D eigenvalue weighted by Gasteiger charge is -2.35. The van der Waals surface area contributed by atoms with Crippen LogP contribution in [0.4, 0.5) is 0 Å². The molecule has 144 valence electrons. The molecular weight excluding hydrogens is 334 g/mol. The van der Waals surface area contributed by atoms with E-state index in [1.807, 2.05) is 6.07 Å². The third-order valence-electron chi connectivity index (χ3n) is 5.72. The van der Waals surface area contributed by atoms with E-state index in [1.54, 1.807) is 0 Å². The number of hydrogen-bond acceptors (Lipinski definition) is 2. The number of aryl methyl sites for hydroxylation is 2. The lowest BCUT2D eigenvalue weighted by Crippen LogP contribution is -2.86. The van der Waals surface area contributed by atoms with Crippen LogP contribution in [0.5, 0.6) is 0 Å². The zero-order valence-electron chi connectivity index (χ0n) is 16.6. The molecule has 0 bridgehead atoms. The molecule has 1 aliphatic heterocycles. The van der Waals surface area contributed by atoms with Gasteiger partial charge >= 0.3 is 5.97 Å². The van der Waals surface area contributed by atoms with Gasteiger partial charge < -0.3 is 10.1 Å². The molecule has 27 heavy (non-hydrogen) atoms. The molecule has 0 aliphatic carbocycles. The molecule has 0 radical (unpaired) electrons. The third-order valence-corrected chi connectivity index (χ3v) is 5.72. The van der Waals surface area contributed by atoms with E-state index in [9.17, 15) is 4.79 Å². The number of carbonyl (C=O) groups excluding carboxylic acids is 1. The van der Waals surface area contributed by atoms with Gasteiger partial charge in [-0.3, -0.25) is 4.79 Å². The summed E-state index contributed by atoms with van der Waals surface area (Å²) in [6.45, 7) is 6.40. The van der Waals surface area contributed by atoms with Crippen molar-refractivity contribution in [2.45, 2.75) is 51.6 Å². The minimum Gasteiger partial charge on any atom is -0.459 e. The Labute approximate surface area is 163 Å². The predicted molar refractivity (Wildman–Crippen MR) is 109 cm³/mol. The van der Waals surface area contributed by atoms with Crippen LogP contribution < -0.4 is 5.32 Å². The number of nitrogens with two attached hydrogens (primary N) is 1. The maximum Gasteiger partial charge on any atom is 0.310 e. The summed E-state index contributed by atoms with van der Waals surface area (Å²) < 4.78 is 5.86. The molecule has 1 saturated heterocycles. The Morgan fingerprint density at radius 2 is 1.48 bits per heavy atom. The summed E-state index contributed by atoms with van der Waals surface area (Å²) >= 11 is 0. The van der Waals surface area contributed by atoms with Crippen molar-refractivity contribution in [3.05, 3.63) is 71.3 Å². The lowest BCUT2D eigenvalue weighted by atomic mass is 9.83. The zero-order valence-corrected chi connectivity index (χ0v) is 16.6. The summed E-state index contributed by atoms with van der Waals surface area (Å²) in [6.07, 6.45) is 4.64. The Balaban J connectivity index is 1.49. The molecule has 2 N–H and O–H groups in total. The summed E-state index contributed by atoms with van der Waals surface area (Å²) in [5.74, 6) is 0.346. The molecule has 0 aromatic heterocycles. The smallest absolute Gasteiger partial charge is 0.310 e. The van der Waals surface area contributed by atoms with Crippen molar-refractivity contribution in [1.82, 2.24) is 0 Å². The third kappa shape index (κ3) is 5.93. The number of piperidine rings is 1. The second-order valence-corrected chi connectivity index (χ2v) is 8.20. The second-order valence-electron chi connectivity index (χ2n) is 8.20. The molecule has 1 fully saturated rings. The van der Waals surface area contributed by atoms with E-state index >= 15 is 0 Å². The molecule has 0 atom stereocenters. The van der Waals surface area contributed by atoms with E-state index in [4.69, 9.17) is 4.74 Å². The van der Waals surface area contributed by atoms with Gasteiger partial charge in [-0.05, 0) is 43.4 Å². The fourth-order valence-corrected chi connectivity index (χ4v) is 3.96. The highest BCUT2D eigenvalue weighted by Gasteiger charge is 2.35. The quantitative estimate of drug-likeness (QED) is 0.764. The number of ether oxygens (including phenoxy) is 1. The molecule has 2 aromatic rings. The Kier molecular flexibility index (Phi) is 6.68. The highest BCUT2D eigenvalue weighted by Crippen LogP contribution is 2.28. The van der Waals surface area contributed by atoms with Gasteiger partial charge in [0, 0.05) is 18.8 Å². The minimum atomic E-state index is -0.374. The minimum absolute atomic E-state index is 0.119. The van der Waals surface area contributed by atoms with Crippen LogP contribution in [0.1, 0.15) is 43.4 Å². The molecule has 0 amide bonds. The Morgan fingerprint density at radius 1 is 0.926 bits per heavy atom.